The van der Waals surface area contributed by atoms with E-state index in [-0.39, 0.29) is 28.3 Å². The first-order valence-corrected chi connectivity index (χ1v) is 12.6. The molecular weight excluding hydrogens is 432 g/mol. The highest BCUT2D eigenvalue weighted by molar-refractivity contribution is 7.96. The molecule has 3 rings (SSSR count). The largest absolute Gasteiger partial charge is 0.381 e. The minimum absolute atomic E-state index is 0.0710. The Hall–Kier alpha value is -2.57. The summed E-state index contributed by atoms with van der Waals surface area (Å²) >= 11 is 0. The monoisotopic (exact) mass is 454 g/mol. The Bertz CT molecular complexity index is 1150. The Kier molecular flexibility index (Phi) is 6.38. The van der Waals surface area contributed by atoms with Crippen LogP contribution in [0.5, 0.6) is 0 Å². The van der Waals surface area contributed by atoms with Crippen molar-refractivity contribution < 1.29 is 26.4 Å². The van der Waals surface area contributed by atoms with Gasteiger partial charge in [-0.15, -0.1) is 5.10 Å². The van der Waals surface area contributed by atoms with Crippen molar-refractivity contribution in [2.45, 2.75) is 17.7 Å². The number of nitrogens with one attached hydrogen (secondary N) is 2. The number of ether oxygens (including phenoxy) is 1. The molecule has 0 radical (unpaired) electrons. The molecule has 0 aliphatic carbocycles. The van der Waals surface area contributed by atoms with Crippen LogP contribution in [0.25, 0.3) is 11.4 Å². The van der Waals surface area contributed by atoms with Gasteiger partial charge in [0.2, 0.25) is 5.95 Å². The van der Waals surface area contributed by atoms with E-state index in [2.05, 4.69) is 27.1 Å². The molecule has 1 aliphatic rings. The molecule has 1 aromatic heterocycles. The molecule has 30 heavy (non-hydrogen) atoms. The second-order valence-corrected chi connectivity index (χ2v) is 11.1. The van der Waals surface area contributed by atoms with Gasteiger partial charge in [-0.2, -0.15) is 4.98 Å². The SMILES string of the molecule is C=C(C(=O)Nc1n[nH]c(-c2ccc(S(C)(=O)=O)cc2)n1)S(=O)(=O)CC1CCOCC1. The zero-order valence-corrected chi connectivity index (χ0v) is 17.9. The Morgan fingerprint density at radius 3 is 2.43 bits per heavy atom. The number of anilines is 1. The average Bonchev–Trinajstić information content (AvgIpc) is 3.15. The van der Waals surface area contributed by atoms with Crippen LogP contribution in [0.4, 0.5) is 5.95 Å². The number of amides is 1. The van der Waals surface area contributed by atoms with E-state index in [4.69, 9.17) is 4.74 Å². The molecule has 12 heteroatoms. The first kappa shape index (κ1) is 22.1. The van der Waals surface area contributed by atoms with Crippen molar-refractivity contribution in [2.75, 3.05) is 30.5 Å². The number of hydrogen-bond acceptors (Lipinski definition) is 8. The van der Waals surface area contributed by atoms with E-state index >= 15 is 0 Å². The number of sulfone groups is 2. The molecular formula is C18H22N4O6S2. The van der Waals surface area contributed by atoms with Crippen molar-refractivity contribution in [2.24, 2.45) is 5.92 Å². The van der Waals surface area contributed by atoms with Crippen LogP contribution in [-0.2, 0) is 29.2 Å². The van der Waals surface area contributed by atoms with Gasteiger partial charge in [-0.05, 0) is 43.0 Å². The van der Waals surface area contributed by atoms with Crippen LogP contribution in [0.3, 0.4) is 0 Å². The van der Waals surface area contributed by atoms with Crippen molar-refractivity contribution in [3.05, 3.63) is 35.7 Å². The van der Waals surface area contributed by atoms with Crippen LogP contribution in [0, 0.1) is 5.92 Å². The molecule has 1 saturated heterocycles. The van der Waals surface area contributed by atoms with E-state index in [1.807, 2.05) is 0 Å². The fourth-order valence-corrected chi connectivity index (χ4v) is 5.06. The maximum absolute atomic E-state index is 12.5. The smallest absolute Gasteiger partial charge is 0.268 e. The van der Waals surface area contributed by atoms with Crippen molar-refractivity contribution in [1.82, 2.24) is 15.2 Å². The molecule has 1 aliphatic heterocycles. The first-order valence-electron chi connectivity index (χ1n) is 9.10. The summed E-state index contributed by atoms with van der Waals surface area (Å²) in [7, 11) is -7.15. The molecule has 0 spiro atoms. The molecule has 0 bridgehead atoms. The molecule has 0 unspecified atom stereocenters. The van der Waals surface area contributed by atoms with E-state index < -0.39 is 30.5 Å². The van der Waals surface area contributed by atoms with E-state index in [1.54, 1.807) is 12.1 Å². The summed E-state index contributed by atoms with van der Waals surface area (Å²) in [6.07, 6.45) is 2.35. The van der Waals surface area contributed by atoms with Crippen LogP contribution in [0.1, 0.15) is 12.8 Å². The van der Waals surface area contributed by atoms with E-state index in [0.717, 1.165) is 6.26 Å². The fourth-order valence-electron chi connectivity index (χ4n) is 2.94. The van der Waals surface area contributed by atoms with Crippen molar-refractivity contribution in [3.63, 3.8) is 0 Å². The molecule has 1 amide bonds. The average molecular weight is 455 g/mol. The lowest BCUT2D eigenvalue weighted by atomic mass is 10.0. The van der Waals surface area contributed by atoms with Crippen LogP contribution >= 0.6 is 0 Å². The standard InChI is InChI=1S/C18H22N4O6S2/c1-12(30(26,27)11-13-7-9-28-10-8-13)17(23)20-18-19-16(21-22-18)14-3-5-15(6-4-14)29(2,24)25/h3-6,13H,1,7-11H2,2H3,(H2,19,20,21,22,23). The second-order valence-electron chi connectivity index (χ2n) is 7.02. The minimum Gasteiger partial charge on any atom is -0.381 e. The lowest BCUT2D eigenvalue weighted by Crippen LogP contribution is -2.28. The highest BCUT2D eigenvalue weighted by Crippen LogP contribution is 2.22. The normalized spacial score (nSPS) is 15.6. The third-order valence-corrected chi connectivity index (χ3v) is 7.67. The number of H-pyrrole nitrogens is 1. The number of rotatable bonds is 7. The van der Waals surface area contributed by atoms with Gasteiger partial charge in [0.25, 0.3) is 5.91 Å². The first-order chi connectivity index (χ1) is 14.1. The fraction of sp³-hybridized carbons (Fsp3) is 0.389. The highest BCUT2D eigenvalue weighted by atomic mass is 32.2. The predicted molar refractivity (Wildman–Crippen MR) is 110 cm³/mol. The van der Waals surface area contributed by atoms with Gasteiger partial charge < -0.3 is 4.74 Å². The van der Waals surface area contributed by atoms with Crippen LogP contribution in [0.15, 0.2) is 40.6 Å². The Morgan fingerprint density at radius 1 is 1.20 bits per heavy atom. The second kappa shape index (κ2) is 8.66. The van der Waals surface area contributed by atoms with Gasteiger partial charge in [0.05, 0.1) is 10.6 Å². The van der Waals surface area contributed by atoms with Crippen LogP contribution < -0.4 is 5.32 Å². The number of aromatic nitrogens is 3. The van der Waals surface area contributed by atoms with Gasteiger partial charge in [-0.25, -0.2) is 16.8 Å². The van der Waals surface area contributed by atoms with Gasteiger partial charge in [-0.3, -0.25) is 15.2 Å². The summed E-state index contributed by atoms with van der Waals surface area (Å²) in [5, 5.41) is 8.77. The number of nitrogens with zero attached hydrogens (tertiary/aromatic N) is 2. The quantitative estimate of drug-likeness (QED) is 0.592. The molecule has 2 N–H and O–H groups in total. The highest BCUT2D eigenvalue weighted by Gasteiger charge is 2.28. The Balaban J connectivity index is 1.66. The zero-order chi connectivity index (χ0) is 21.9. The number of benzene rings is 1. The van der Waals surface area contributed by atoms with Gasteiger partial charge in [0.15, 0.2) is 25.5 Å². The number of hydrogen-bond donors (Lipinski definition) is 2. The van der Waals surface area contributed by atoms with Gasteiger partial charge >= 0.3 is 0 Å². The molecule has 0 atom stereocenters. The molecule has 10 nitrogen and oxygen atoms in total. The number of carbonyl (C=O) groups is 1. The molecule has 2 heterocycles. The summed E-state index contributed by atoms with van der Waals surface area (Å²) < 4.78 is 53.2. The number of aromatic amines is 1. The van der Waals surface area contributed by atoms with Gasteiger partial charge in [-0.1, -0.05) is 6.58 Å². The van der Waals surface area contributed by atoms with Crippen molar-refractivity contribution >= 4 is 31.5 Å². The summed E-state index contributed by atoms with van der Waals surface area (Å²) in [6, 6.07) is 5.94. The summed E-state index contributed by atoms with van der Waals surface area (Å²) in [4.78, 5) is 16.0. The predicted octanol–water partition coefficient (Wildman–Crippen LogP) is 1.17. The van der Waals surface area contributed by atoms with E-state index in [9.17, 15) is 21.6 Å². The van der Waals surface area contributed by atoms with E-state index in [1.165, 1.54) is 12.1 Å². The van der Waals surface area contributed by atoms with Crippen LogP contribution in [0.2, 0.25) is 0 Å². The zero-order valence-electron chi connectivity index (χ0n) is 16.3. The van der Waals surface area contributed by atoms with Crippen molar-refractivity contribution in [1.29, 1.82) is 0 Å². The van der Waals surface area contributed by atoms with Crippen LogP contribution in [-0.4, -0.2) is 63.1 Å². The maximum atomic E-state index is 12.5. The lowest BCUT2D eigenvalue weighted by molar-refractivity contribution is -0.112. The van der Waals surface area contributed by atoms with E-state index in [0.29, 0.717) is 31.6 Å². The maximum Gasteiger partial charge on any atom is 0.268 e. The molecule has 1 fully saturated rings. The third-order valence-electron chi connectivity index (χ3n) is 4.69. The summed E-state index contributed by atoms with van der Waals surface area (Å²) in [6.45, 7) is 4.44. The van der Waals surface area contributed by atoms with Crippen molar-refractivity contribution in [3.8, 4) is 11.4 Å². The molecule has 162 valence electrons. The van der Waals surface area contributed by atoms with Gasteiger partial charge in [0, 0.05) is 25.0 Å². The summed E-state index contributed by atoms with van der Waals surface area (Å²) in [5.74, 6) is -0.974. The minimum atomic E-state index is -3.83. The molecule has 1 aromatic carbocycles. The topological polar surface area (TPSA) is 148 Å². The Labute approximate surface area is 174 Å². The lowest BCUT2D eigenvalue weighted by Gasteiger charge is -2.21. The summed E-state index contributed by atoms with van der Waals surface area (Å²) in [5.41, 5.74) is 0.543. The number of carbonyl (C=O) groups excluding carboxylic acids is 1. The Morgan fingerprint density at radius 2 is 1.83 bits per heavy atom. The molecule has 0 saturated carbocycles. The molecule has 2 aromatic rings. The third kappa shape index (κ3) is 5.32. The van der Waals surface area contributed by atoms with Gasteiger partial charge in [0.1, 0.15) is 4.91 Å².